The number of para-hydroxylation sites is 1. The molecule has 0 fully saturated rings. The number of amides is 1. The molecule has 0 saturated carbocycles. The summed E-state index contributed by atoms with van der Waals surface area (Å²) in [5.74, 6) is -0.265. The second-order valence-electron chi connectivity index (χ2n) is 4.98. The number of allylic oxidation sites excluding steroid dienone is 1. The van der Waals surface area contributed by atoms with E-state index in [9.17, 15) is 4.79 Å². The van der Waals surface area contributed by atoms with Crippen molar-refractivity contribution in [1.29, 1.82) is 0 Å². The minimum atomic E-state index is -0.265. The zero-order valence-corrected chi connectivity index (χ0v) is 12.5. The van der Waals surface area contributed by atoms with Crippen molar-refractivity contribution in [2.24, 2.45) is 5.10 Å². The van der Waals surface area contributed by atoms with Gasteiger partial charge in [-0.2, -0.15) is 5.10 Å². The maximum Gasteiger partial charge on any atom is 0.271 e. The van der Waals surface area contributed by atoms with Crippen LogP contribution in [0.3, 0.4) is 0 Å². The van der Waals surface area contributed by atoms with E-state index in [1.165, 1.54) is 0 Å². The molecule has 2 aromatic heterocycles. The molecule has 5 nitrogen and oxygen atoms in total. The van der Waals surface area contributed by atoms with Gasteiger partial charge in [-0.1, -0.05) is 24.3 Å². The Morgan fingerprint density at radius 1 is 1.26 bits per heavy atom. The topological polar surface area (TPSA) is 59.3 Å². The predicted molar refractivity (Wildman–Crippen MR) is 91.4 cm³/mol. The van der Waals surface area contributed by atoms with Gasteiger partial charge in [0, 0.05) is 47.2 Å². The Kier molecular flexibility index (Phi) is 4.29. The number of hydrazone groups is 1. The van der Waals surface area contributed by atoms with E-state index < -0.39 is 0 Å². The van der Waals surface area contributed by atoms with Crippen LogP contribution in [0.1, 0.15) is 15.9 Å². The largest absolute Gasteiger partial charge is 0.343 e. The van der Waals surface area contributed by atoms with E-state index in [-0.39, 0.29) is 5.91 Å². The van der Waals surface area contributed by atoms with Gasteiger partial charge in [-0.15, -0.1) is 6.58 Å². The maximum atomic E-state index is 11.9. The van der Waals surface area contributed by atoms with Gasteiger partial charge < -0.3 is 4.57 Å². The number of carbonyl (C=O) groups is 1. The van der Waals surface area contributed by atoms with Gasteiger partial charge >= 0.3 is 0 Å². The lowest BCUT2D eigenvalue weighted by molar-refractivity contribution is 0.0955. The van der Waals surface area contributed by atoms with Crippen molar-refractivity contribution in [2.75, 3.05) is 0 Å². The lowest BCUT2D eigenvalue weighted by atomic mass is 10.2. The summed E-state index contributed by atoms with van der Waals surface area (Å²) in [4.78, 5) is 15.8. The maximum absolute atomic E-state index is 11.9. The van der Waals surface area contributed by atoms with Crippen LogP contribution in [0.15, 0.2) is 72.7 Å². The predicted octanol–water partition coefficient (Wildman–Crippen LogP) is 2.99. The van der Waals surface area contributed by atoms with Crippen molar-refractivity contribution in [3.05, 3.63) is 78.8 Å². The van der Waals surface area contributed by atoms with Gasteiger partial charge in [0.2, 0.25) is 0 Å². The molecule has 1 aromatic carbocycles. The number of rotatable bonds is 5. The number of hydrogen-bond acceptors (Lipinski definition) is 3. The van der Waals surface area contributed by atoms with E-state index in [1.807, 2.05) is 36.5 Å². The first-order valence-electron chi connectivity index (χ1n) is 7.22. The van der Waals surface area contributed by atoms with Gasteiger partial charge in [0.05, 0.1) is 6.21 Å². The van der Waals surface area contributed by atoms with Crippen LogP contribution in [-0.2, 0) is 6.54 Å². The highest BCUT2D eigenvalue weighted by molar-refractivity contribution is 6.00. The van der Waals surface area contributed by atoms with E-state index >= 15 is 0 Å². The molecule has 1 N–H and O–H groups in total. The van der Waals surface area contributed by atoms with Crippen LogP contribution in [0.2, 0.25) is 0 Å². The van der Waals surface area contributed by atoms with Gasteiger partial charge in [0.25, 0.3) is 5.91 Å². The van der Waals surface area contributed by atoms with Crippen LogP contribution in [-0.4, -0.2) is 21.7 Å². The van der Waals surface area contributed by atoms with Crippen molar-refractivity contribution < 1.29 is 4.79 Å². The van der Waals surface area contributed by atoms with E-state index in [0.29, 0.717) is 5.56 Å². The van der Waals surface area contributed by atoms with Crippen molar-refractivity contribution in [3.63, 3.8) is 0 Å². The third-order valence-corrected chi connectivity index (χ3v) is 3.46. The number of nitrogens with zero attached hydrogens (tertiary/aromatic N) is 3. The van der Waals surface area contributed by atoms with Crippen molar-refractivity contribution in [1.82, 2.24) is 15.0 Å². The molecule has 0 aliphatic carbocycles. The number of fused-ring (bicyclic) bond motifs is 1. The molecule has 23 heavy (non-hydrogen) atoms. The minimum Gasteiger partial charge on any atom is -0.343 e. The highest BCUT2D eigenvalue weighted by atomic mass is 16.2. The SMILES string of the molecule is C=CCn1cc(/C=N/NC(=O)c2ccncc2)c2ccccc21. The minimum absolute atomic E-state index is 0.265. The second-order valence-corrected chi connectivity index (χ2v) is 4.98. The molecule has 0 unspecified atom stereocenters. The molecular weight excluding hydrogens is 288 g/mol. The van der Waals surface area contributed by atoms with Crippen LogP contribution in [0.25, 0.3) is 10.9 Å². The fourth-order valence-corrected chi connectivity index (χ4v) is 2.40. The first-order valence-corrected chi connectivity index (χ1v) is 7.22. The number of pyridine rings is 1. The second kappa shape index (κ2) is 6.70. The molecule has 3 rings (SSSR count). The van der Waals surface area contributed by atoms with Crippen LogP contribution in [0, 0.1) is 0 Å². The van der Waals surface area contributed by atoms with E-state index in [1.54, 1.807) is 30.7 Å². The Balaban J connectivity index is 1.81. The average molecular weight is 304 g/mol. The first kappa shape index (κ1) is 14.7. The first-order chi connectivity index (χ1) is 11.3. The zero-order chi connectivity index (χ0) is 16.1. The zero-order valence-electron chi connectivity index (χ0n) is 12.5. The van der Waals surface area contributed by atoms with E-state index in [0.717, 1.165) is 23.0 Å². The molecule has 2 heterocycles. The number of hydrogen-bond donors (Lipinski definition) is 1. The van der Waals surface area contributed by atoms with Gasteiger partial charge in [-0.3, -0.25) is 9.78 Å². The summed E-state index contributed by atoms with van der Waals surface area (Å²) in [5.41, 5.74) is 5.09. The quantitative estimate of drug-likeness (QED) is 0.447. The molecular formula is C18H16N4O. The lowest BCUT2D eigenvalue weighted by Crippen LogP contribution is -2.17. The molecule has 3 aromatic rings. The molecule has 114 valence electrons. The van der Waals surface area contributed by atoms with Crippen molar-refractivity contribution >= 4 is 23.0 Å². The Morgan fingerprint density at radius 3 is 2.83 bits per heavy atom. The summed E-state index contributed by atoms with van der Waals surface area (Å²) in [5, 5.41) is 5.14. The van der Waals surface area contributed by atoms with Crippen LogP contribution >= 0.6 is 0 Å². The number of benzene rings is 1. The van der Waals surface area contributed by atoms with Crippen LogP contribution < -0.4 is 5.43 Å². The number of carbonyl (C=O) groups excluding carboxylic acids is 1. The summed E-state index contributed by atoms with van der Waals surface area (Å²) < 4.78 is 2.09. The Bertz CT molecular complexity index is 865. The number of aromatic nitrogens is 2. The smallest absolute Gasteiger partial charge is 0.271 e. The summed E-state index contributed by atoms with van der Waals surface area (Å²) >= 11 is 0. The highest BCUT2D eigenvalue weighted by Crippen LogP contribution is 2.19. The van der Waals surface area contributed by atoms with Crippen LogP contribution in [0.5, 0.6) is 0 Å². The third kappa shape index (κ3) is 3.18. The van der Waals surface area contributed by atoms with Gasteiger partial charge in [-0.25, -0.2) is 5.43 Å². The summed E-state index contributed by atoms with van der Waals surface area (Å²) in [7, 11) is 0. The molecule has 0 bridgehead atoms. The van der Waals surface area contributed by atoms with Gasteiger partial charge in [-0.05, 0) is 18.2 Å². The average Bonchev–Trinajstić information content (AvgIpc) is 2.94. The molecule has 5 heteroatoms. The fraction of sp³-hybridized carbons (Fsp3) is 0.0556. The molecule has 0 spiro atoms. The van der Waals surface area contributed by atoms with Crippen LogP contribution in [0.4, 0.5) is 0 Å². The summed E-state index contributed by atoms with van der Waals surface area (Å²) in [6, 6.07) is 11.3. The van der Waals surface area contributed by atoms with Crippen molar-refractivity contribution in [2.45, 2.75) is 6.54 Å². The molecule has 0 aliphatic rings. The standard InChI is InChI=1S/C18H16N4O/c1-2-11-22-13-15(16-5-3-4-6-17(16)22)12-20-21-18(23)14-7-9-19-10-8-14/h2-10,12-13H,1,11H2,(H,21,23)/b20-12+. The molecule has 1 amide bonds. The Labute approximate surface area is 134 Å². The molecule has 0 aliphatic heterocycles. The molecule has 0 saturated heterocycles. The fourth-order valence-electron chi connectivity index (χ4n) is 2.40. The molecule has 0 atom stereocenters. The Hall–Kier alpha value is -3.21. The normalized spacial score (nSPS) is 11.0. The third-order valence-electron chi connectivity index (χ3n) is 3.46. The lowest BCUT2D eigenvalue weighted by Gasteiger charge is -1.98. The Morgan fingerprint density at radius 2 is 2.04 bits per heavy atom. The summed E-state index contributed by atoms with van der Waals surface area (Å²) in [6.07, 6.45) is 8.64. The number of nitrogens with one attached hydrogen (secondary N) is 1. The van der Waals surface area contributed by atoms with E-state index in [4.69, 9.17) is 0 Å². The van der Waals surface area contributed by atoms with Gasteiger partial charge in [0.1, 0.15) is 0 Å². The van der Waals surface area contributed by atoms with E-state index in [2.05, 4.69) is 26.7 Å². The monoisotopic (exact) mass is 304 g/mol. The summed E-state index contributed by atoms with van der Waals surface area (Å²) in [6.45, 7) is 4.49. The highest BCUT2D eigenvalue weighted by Gasteiger charge is 2.06. The van der Waals surface area contributed by atoms with Gasteiger partial charge in [0.15, 0.2) is 0 Å². The van der Waals surface area contributed by atoms with Crippen molar-refractivity contribution in [3.8, 4) is 0 Å². The molecule has 0 radical (unpaired) electrons.